The van der Waals surface area contributed by atoms with Crippen molar-refractivity contribution in [3.8, 4) is 5.75 Å². The van der Waals surface area contributed by atoms with E-state index in [0.717, 1.165) is 5.56 Å². The van der Waals surface area contributed by atoms with Gasteiger partial charge < -0.3 is 10.5 Å². The second kappa shape index (κ2) is 3.54. The molecule has 0 aromatic heterocycles. The van der Waals surface area contributed by atoms with Gasteiger partial charge in [0.2, 0.25) is 0 Å². The highest BCUT2D eigenvalue weighted by molar-refractivity contribution is 5.35. The molecule has 0 aliphatic carbocycles. The number of hydrogen-bond acceptors (Lipinski definition) is 2. The molecule has 1 aromatic carbocycles. The lowest BCUT2D eigenvalue weighted by Gasteiger charge is -2.07. The van der Waals surface area contributed by atoms with Gasteiger partial charge in [0.25, 0.3) is 0 Å². The van der Waals surface area contributed by atoms with Crippen LogP contribution in [0, 0.1) is 12.7 Å². The van der Waals surface area contributed by atoms with Crippen molar-refractivity contribution in [2.45, 2.75) is 13.5 Å². The van der Waals surface area contributed by atoms with Crippen LogP contribution in [0.4, 0.5) is 4.39 Å². The van der Waals surface area contributed by atoms with Gasteiger partial charge in [-0.15, -0.1) is 0 Å². The molecule has 0 fully saturated rings. The minimum atomic E-state index is -0.269. The zero-order valence-corrected chi connectivity index (χ0v) is 7.23. The predicted molar refractivity (Wildman–Crippen MR) is 45.6 cm³/mol. The number of benzene rings is 1. The molecule has 2 nitrogen and oxygen atoms in total. The average molecular weight is 169 g/mol. The third-order valence-corrected chi connectivity index (χ3v) is 1.88. The van der Waals surface area contributed by atoms with Crippen molar-refractivity contribution in [1.82, 2.24) is 0 Å². The summed E-state index contributed by atoms with van der Waals surface area (Å²) in [6, 6.07) is 3.10. The molecule has 66 valence electrons. The normalized spacial score (nSPS) is 10.0. The van der Waals surface area contributed by atoms with Crippen LogP contribution in [-0.2, 0) is 6.54 Å². The molecule has 0 unspecified atom stereocenters. The highest BCUT2D eigenvalue weighted by Crippen LogP contribution is 2.20. The van der Waals surface area contributed by atoms with Crippen LogP contribution in [0.15, 0.2) is 12.1 Å². The Morgan fingerprint density at radius 1 is 1.50 bits per heavy atom. The first-order chi connectivity index (χ1) is 5.69. The maximum absolute atomic E-state index is 13.1. The van der Waals surface area contributed by atoms with E-state index >= 15 is 0 Å². The van der Waals surface area contributed by atoms with Crippen molar-refractivity contribution in [3.05, 3.63) is 29.1 Å². The fraction of sp³-hybridized carbons (Fsp3) is 0.333. The Morgan fingerprint density at radius 3 is 2.67 bits per heavy atom. The molecular weight excluding hydrogens is 157 g/mol. The molecule has 2 N–H and O–H groups in total. The SMILES string of the molecule is COc1cc(F)c(C)c(CN)c1. The van der Waals surface area contributed by atoms with Crippen molar-refractivity contribution in [2.24, 2.45) is 5.73 Å². The quantitative estimate of drug-likeness (QED) is 0.729. The molecular formula is C9H12FNO. The molecule has 0 atom stereocenters. The first-order valence-corrected chi connectivity index (χ1v) is 3.72. The third-order valence-electron chi connectivity index (χ3n) is 1.88. The van der Waals surface area contributed by atoms with Crippen molar-refractivity contribution >= 4 is 0 Å². The van der Waals surface area contributed by atoms with Gasteiger partial charge in [0.05, 0.1) is 7.11 Å². The van der Waals surface area contributed by atoms with E-state index in [1.54, 1.807) is 13.0 Å². The Labute approximate surface area is 71.1 Å². The van der Waals surface area contributed by atoms with Gasteiger partial charge in [-0.3, -0.25) is 0 Å². The van der Waals surface area contributed by atoms with Crippen LogP contribution in [0.2, 0.25) is 0 Å². The van der Waals surface area contributed by atoms with E-state index in [0.29, 0.717) is 17.9 Å². The number of nitrogens with two attached hydrogens (primary N) is 1. The maximum Gasteiger partial charge on any atom is 0.130 e. The second-order valence-electron chi connectivity index (χ2n) is 2.60. The monoisotopic (exact) mass is 169 g/mol. The van der Waals surface area contributed by atoms with Crippen LogP contribution in [0.3, 0.4) is 0 Å². The molecule has 0 aliphatic rings. The number of rotatable bonds is 2. The van der Waals surface area contributed by atoms with E-state index in [4.69, 9.17) is 10.5 Å². The smallest absolute Gasteiger partial charge is 0.130 e. The summed E-state index contributed by atoms with van der Waals surface area (Å²) in [5, 5.41) is 0. The summed E-state index contributed by atoms with van der Waals surface area (Å²) in [4.78, 5) is 0. The average Bonchev–Trinajstić information content (AvgIpc) is 2.09. The number of halogens is 1. The first kappa shape index (κ1) is 9.00. The highest BCUT2D eigenvalue weighted by atomic mass is 19.1. The summed E-state index contributed by atoms with van der Waals surface area (Å²) >= 11 is 0. The molecule has 0 heterocycles. The Bertz CT molecular complexity index is 286. The van der Waals surface area contributed by atoms with Gasteiger partial charge in [-0.1, -0.05) is 0 Å². The number of ether oxygens (including phenoxy) is 1. The summed E-state index contributed by atoms with van der Waals surface area (Å²) in [6.45, 7) is 2.04. The molecule has 0 bridgehead atoms. The largest absolute Gasteiger partial charge is 0.497 e. The van der Waals surface area contributed by atoms with Gasteiger partial charge in [-0.2, -0.15) is 0 Å². The Morgan fingerprint density at radius 2 is 2.17 bits per heavy atom. The summed E-state index contributed by atoms with van der Waals surface area (Å²) in [5.74, 6) is 0.244. The minimum absolute atomic E-state index is 0.269. The molecule has 1 aromatic rings. The molecule has 0 saturated heterocycles. The zero-order valence-electron chi connectivity index (χ0n) is 7.23. The van der Waals surface area contributed by atoms with Crippen LogP contribution < -0.4 is 10.5 Å². The summed E-state index contributed by atoms with van der Waals surface area (Å²) in [7, 11) is 1.50. The minimum Gasteiger partial charge on any atom is -0.497 e. The summed E-state index contributed by atoms with van der Waals surface area (Å²) < 4.78 is 18.0. The van der Waals surface area contributed by atoms with E-state index in [9.17, 15) is 4.39 Å². The lowest BCUT2D eigenvalue weighted by atomic mass is 10.1. The van der Waals surface area contributed by atoms with E-state index in [1.165, 1.54) is 13.2 Å². The fourth-order valence-electron chi connectivity index (χ4n) is 1.04. The van der Waals surface area contributed by atoms with Crippen LogP contribution in [-0.4, -0.2) is 7.11 Å². The molecule has 0 radical (unpaired) electrons. The summed E-state index contributed by atoms with van der Waals surface area (Å²) in [6.07, 6.45) is 0. The second-order valence-corrected chi connectivity index (χ2v) is 2.60. The van der Waals surface area contributed by atoms with Crippen LogP contribution in [0.1, 0.15) is 11.1 Å². The molecule has 0 saturated carbocycles. The van der Waals surface area contributed by atoms with Crippen LogP contribution in [0.25, 0.3) is 0 Å². The topological polar surface area (TPSA) is 35.2 Å². The molecule has 0 spiro atoms. The van der Waals surface area contributed by atoms with Gasteiger partial charge in [0.1, 0.15) is 11.6 Å². The van der Waals surface area contributed by atoms with Gasteiger partial charge >= 0.3 is 0 Å². The van der Waals surface area contributed by atoms with Gasteiger partial charge in [0, 0.05) is 12.6 Å². The van der Waals surface area contributed by atoms with Gasteiger partial charge in [0.15, 0.2) is 0 Å². The van der Waals surface area contributed by atoms with E-state index in [2.05, 4.69) is 0 Å². The van der Waals surface area contributed by atoms with Gasteiger partial charge in [-0.05, 0) is 24.1 Å². The molecule has 0 aliphatic heterocycles. The van der Waals surface area contributed by atoms with E-state index in [-0.39, 0.29) is 5.82 Å². The standard InChI is InChI=1S/C9H12FNO/c1-6-7(5-11)3-8(12-2)4-9(6)10/h3-4H,5,11H2,1-2H3. The first-order valence-electron chi connectivity index (χ1n) is 3.72. The van der Waals surface area contributed by atoms with Gasteiger partial charge in [-0.25, -0.2) is 4.39 Å². The van der Waals surface area contributed by atoms with Crippen molar-refractivity contribution in [2.75, 3.05) is 7.11 Å². The predicted octanol–water partition coefficient (Wildman–Crippen LogP) is 1.60. The highest BCUT2D eigenvalue weighted by Gasteiger charge is 2.05. The van der Waals surface area contributed by atoms with Crippen molar-refractivity contribution in [1.29, 1.82) is 0 Å². The zero-order chi connectivity index (χ0) is 9.14. The van der Waals surface area contributed by atoms with Crippen LogP contribution in [0.5, 0.6) is 5.75 Å². The lowest BCUT2D eigenvalue weighted by molar-refractivity contribution is 0.410. The number of hydrogen-bond donors (Lipinski definition) is 1. The lowest BCUT2D eigenvalue weighted by Crippen LogP contribution is -2.01. The van der Waals surface area contributed by atoms with Crippen LogP contribution >= 0.6 is 0 Å². The Hall–Kier alpha value is -1.09. The molecule has 0 amide bonds. The Balaban J connectivity index is 3.19. The van der Waals surface area contributed by atoms with E-state index in [1.807, 2.05) is 0 Å². The number of methoxy groups -OCH3 is 1. The Kier molecular flexibility index (Phi) is 2.65. The molecule has 3 heteroatoms. The van der Waals surface area contributed by atoms with Crippen molar-refractivity contribution < 1.29 is 9.13 Å². The third kappa shape index (κ3) is 1.56. The molecule has 12 heavy (non-hydrogen) atoms. The maximum atomic E-state index is 13.1. The van der Waals surface area contributed by atoms with E-state index < -0.39 is 0 Å². The summed E-state index contributed by atoms with van der Waals surface area (Å²) in [5.41, 5.74) is 6.80. The van der Waals surface area contributed by atoms with Crippen molar-refractivity contribution in [3.63, 3.8) is 0 Å². The fourth-order valence-corrected chi connectivity index (χ4v) is 1.04. The molecule has 1 rings (SSSR count).